The zero-order chi connectivity index (χ0) is 20.5. The molecular weight excluding hydrogens is 387 g/mol. The number of nitrogens with one attached hydrogen (secondary N) is 1. The average molecular weight is 410 g/mol. The van der Waals surface area contributed by atoms with Gasteiger partial charge in [-0.25, -0.2) is 9.55 Å². The Kier molecular flexibility index (Phi) is 5.88. The average Bonchev–Trinajstić information content (AvgIpc) is 3.05. The van der Waals surface area contributed by atoms with E-state index in [1.165, 1.54) is 6.07 Å². The highest BCUT2D eigenvalue weighted by molar-refractivity contribution is 7.98. The lowest BCUT2D eigenvalue weighted by Crippen LogP contribution is -2.37. The molecule has 150 valence electrons. The number of nitrogens with zero attached hydrogens (tertiary/aromatic N) is 2. The van der Waals surface area contributed by atoms with Gasteiger partial charge in [-0.05, 0) is 36.8 Å². The highest BCUT2D eigenvalue weighted by Gasteiger charge is 2.31. The van der Waals surface area contributed by atoms with Crippen molar-refractivity contribution in [3.05, 3.63) is 47.3 Å². The summed E-state index contributed by atoms with van der Waals surface area (Å²) in [5.74, 6) is 3.57. The molecule has 0 atom stereocenters. The minimum absolute atomic E-state index is 0.353. The maximum Gasteiger partial charge on any atom is 0.416 e. The Balaban J connectivity index is 2.05. The Morgan fingerprint density at radius 2 is 2.00 bits per heavy atom. The number of benzene rings is 1. The number of hydrogen-bond acceptors (Lipinski definition) is 3. The van der Waals surface area contributed by atoms with Gasteiger partial charge in [-0.1, -0.05) is 18.8 Å². The summed E-state index contributed by atoms with van der Waals surface area (Å²) < 4.78 is 46.3. The summed E-state index contributed by atoms with van der Waals surface area (Å²) in [6.07, 6.45) is -2.55. The normalized spacial score (nSPS) is 12.1. The van der Waals surface area contributed by atoms with Crippen molar-refractivity contribution in [1.29, 1.82) is 0 Å². The van der Waals surface area contributed by atoms with Crippen LogP contribution >= 0.6 is 11.8 Å². The van der Waals surface area contributed by atoms with Crippen molar-refractivity contribution in [3.8, 4) is 11.7 Å². The van der Waals surface area contributed by atoms with E-state index in [2.05, 4.69) is 23.8 Å². The van der Waals surface area contributed by atoms with Gasteiger partial charge in [-0.2, -0.15) is 24.9 Å². The SMILES string of the molecule is COc1cc[n+](-c2nc3ccc(C(F)(F)F)cc3[nH]2)c(CSCC(C)C)c1C. The van der Waals surface area contributed by atoms with Gasteiger partial charge in [0.15, 0.2) is 5.52 Å². The molecule has 28 heavy (non-hydrogen) atoms. The minimum atomic E-state index is -4.39. The third-order valence-corrected chi connectivity index (χ3v) is 5.78. The molecule has 3 aromatic rings. The summed E-state index contributed by atoms with van der Waals surface area (Å²) in [5.41, 5.74) is 2.13. The molecule has 2 aromatic heterocycles. The molecule has 0 aliphatic heterocycles. The molecule has 0 spiro atoms. The summed E-state index contributed by atoms with van der Waals surface area (Å²) >= 11 is 1.80. The molecule has 3 rings (SSSR count). The number of fused-ring (bicyclic) bond motifs is 1. The predicted molar refractivity (Wildman–Crippen MR) is 105 cm³/mol. The number of ether oxygens (including phenoxy) is 1. The molecule has 1 N–H and O–H groups in total. The Bertz CT molecular complexity index is 983. The van der Waals surface area contributed by atoms with Crippen molar-refractivity contribution in [1.82, 2.24) is 9.97 Å². The minimum Gasteiger partial charge on any atom is -0.496 e. The van der Waals surface area contributed by atoms with Crippen LogP contribution < -0.4 is 9.30 Å². The van der Waals surface area contributed by atoms with Gasteiger partial charge < -0.3 is 4.74 Å². The number of hydrogen-bond donors (Lipinski definition) is 1. The van der Waals surface area contributed by atoms with Crippen molar-refractivity contribution >= 4 is 22.8 Å². The number of halogens is 3. The number of imidazole rings is 1. The summed E-state index contributed by atoms with van der Waals surface area (Å²) in [6, 6.07) is 5.37. The molecular formula is C20H23F3N3OS+. The summed E-state index contributed by atoms with van der Waals surface area (Å²) in [6.45, 7) is 6.30. The fourth-order valence-corrected chi connectivity index (χ4v) is 4.09. The van der Waals surface area contributed by atoms with E-state index in [1.807, 2.05) is 23.8 Å². The van der Waals surface area contributed by atoms with Gasteiger partial charge in [0.05, 0.1) is 18.9 Å². The number of methoxy groups -OCH3 is 1. The van der Waals surface area contributed by atoms with E-state index >= 15 is 0 Å². The first-order chi connectivity index (χ1) is 13.2. The van der Waals surface area contributed by atoms with Crippen LogP contribution in [-0.4, -0.2) is 22.8 Å². The molecule has 8 heteroatoms. The van der Waals surface area contributed by atoms with Gasteiger partial charge in [0.2, 0.25) is 0 Å². The summed E-state index contributed by atoms with van der Waals surface area (Å²) in [4.78, 5) is 7.53. The van der Waals surface area contributed by atoms with Crippen LogP contribution in [-0.2, 0) is 11.9 Å². The lowest BCUT2D eigenvalue weighted by Gasteiger charge is -2.13. The molecule has 0 aliphatic carbocycles. The maximum atomic E-state index is 13.0. The second kappa shape index (κ2) is 8.03. The van der Waals surface area contributed by atoms with Gasteiger partial charge in [-0.3, -0.25) is 0 Å². The first-order valence-electron chi connectivity index (χ1n) is 8.94. The van der Waals surface area contributed by atoms with Gasteiger partial charge in [0.25, 0.3) is 0 Å². The van der Waals surface area contributed by atoms with Crippen molar-refractivity contribution in [2.45, 2.75) is 32.7 Å². The summed E-state index contributed by atoms with van der Waals surface area (Å²) in [5, 5.41) is 0. The molecule has 0 aliphatic rings. The number of rotatable bonds is 6. The second-order valence-electron chi connectivity index (χ2n) is 7.02. The van der Waals surface area contributed by atoms with E-state index in [9.17, 15) is 13.2 Å². The topological polar surface area (TPSA) is 41.8 Å². The quantitative estimate of drug-likeness (QED) is 0.577. The van der Waals surface area contributed by atoms with E-state index in [4.69, 9.17) is 4.74 Å². The van der Waals surface area contributed by atoms with Crippen LogP contribution in [0.1, 0.15) is 30.7 Å². The zero-order valence-electron chi connectivity index (χ0n) is 16.2. The molecule has 0 unspecified atom stereocenters. The Morgan fingerprint density at radius 1 is 1.25 bits per heavy atom. The Hall–Kier alpha value is -2.22. The van der Waals surface area contributed by atoms with Crippen LogP contribution in [0.15, 0.2) is 30.5 Å². The van der Waals surface area contributed by atoms with Crippen molar-refractivity contribution in [2.24, 2.45) is 5.92 Å². The van der Waals surface area contributed by atoms with Crippen LogP contribution in [0.4, 0.5) is 13.2 Å². The van der Waals surface area contributed by atoms with E-state index in [1.54, 1.807) is 18.9 Å². The van der Waals surface area contributed by atoms with E-state index in [0.29, 0.717) is 22.9 Å². The molecule has 1 aromatic carbocycles. The first-order valence-corrected chi connectivity index (χ1v) is 10.1. The van der Waals surface area contributed by atoms with Crippen LogP contribution in [0.3, 0.4) is 0 Å². The number of thioether (sulfide) groups is 1. The number of aromatic nitrogens is 3. The fourth-order valence-electron chi connectivity index (χ4n) is 2.96. The van der Waals surface area contributed by atoms with Crippen molar-refractivity contribution in [2.75, 3.05) is 12.9 Å². The monoisotopic (exact) mass is 410 g/mol. The number of H-pyrrole nitrogens is 1. The Morgan fingerprint density at radius 3 is 2.64 bits per heavy atom. The van der Waals surface area contributed by atoms with Crippen LogP contribution in [0.2, 0.25) is 0 Å². The molecule has 0 bridgehead atoms. The molecule has 0 amide bonds. The fraction of sp³-hybridized carbons (Fsp3) is 0.400. The van der Waals surface area contributed by atoms with Crippen LogP contribution in [0, 0.1) is 12.8 Å². The zero-order valence-corrected chi connectivity index (χ0v) is 17.0. The largest absolute Gasteiger partial charge is 0.496 e. The van der Waals surface area contributed by atoms with Crippen LogP contribution in [0.25, 0.3) is 17.0 Å². The molecule has 2 heterocycles. The standard InChI is InChI=1S/C20H23F3N3OS/c1-12(2)10-28-11-17-13(3)18(27-4)7-8-26(17)19-24-15-6-5-14(20(21,22)23)9-16(15)25-19/h5-9,12H,10-11H2,1-4H3,(H,24,25)/q+1. The second-order valence-corrected chi connectivity index (χ2v) is 8.06. The molecule has 0 radical (unpaired) electrons. The summed E-state index contributed by atoms with van der Waals surface area (Å²) in [7, 11) is 1.62. The third kappa shape index (κ3) is 4.27. The molecule has 4 nitrogen and oxygen atoms in total. The third-order valence-electron chi connectivity index (χ3n) is 4.40. The number of pyridine rings is 1. The van der Waals surface area contributed by atoms with Gasteiger partial charge >= 0.3 is 12.1 Å². The number of aromatic amines is 1. The van der Waals surface area contributed by atoms with E-state index < -0.39 is 11.7 Å². The smallest absolute Gasteiger partial charge is 0.416 e. The number of alkyl halides is 3. The maximum absolute atomic E-state index is 13.0. The van der Waals surface area contributed by atoms with Gasteiger partial charge in [0.1, 0.15) is 17.0 Å². The van der Waals surface area contributed by atoms with Crippen LogP contribution in [0.5, 0.6) is 5.75 Å². The van der Waals surface area contributed by atoms with Crippen molar-refractivity contribution < 1.29 is 22.5 Å². The molecule has 0 saturated heterocycles. The van der Waals surface area contributed by atoms with E-state index in [0.717, 1.165) is 40.6 Å². The van der Waals surface area contributed by atoms with E-state index in [-0.39, 0.29) is 0 Å². The predicted octanol–water partition coefficient (Wildman–Crippen LogP) is 5.06. The lowest BCUT2D eigenvalue weighted by molar-refractivity contribution is -0.610. The molecule has 0 saturated carbocycles. The van der Waals surface area contributed by atoms with Crippen molar-refractivity contribution in [3.63, 3.8) is 0 Å². The first kappa shape index (κ1) is 20.5. The Labute approximate surface area is 166 Å². The van der Waals surface area contributed by atoms with Gasteiger partial charge in [0, 0.05) is 17.4 Å². The van der Waals surface area contributed by atoms with Gasteiger partial charge in [-0.15, -0.1) is 0 Å². The lowest BCUT2D eigenvalue weighted by atomic mass is 10.2. The highest BCUT2D eigenvalue weighted by Crippen LogP contribution is 2.31. The molecule has 0 fully saturated rings. The highest BCUT2D eigenvalue weighted by atomic mass is 32.2.